The summed E-state index contributed by atoms with van der Waals surface area (Å²) in [7, 11) is 0. The summed E-state index contributed by atoms with van der Waals surface area (Å²) in [6.45, 7) is 7.19. The van der Waals surface area contributed by atoms with Gasteiger partial charge < -0.3 is 14.2 Å². The third-order valence-electron chi connectivity index (χ3n) is 5.10. The van der Waals surface area contributed by atoms with Crippen LogP contribution >= 0.6 is 23.1 Å². The number of benzene rings is 1. The van der Waals surface area contributed by atoms with Crippen LogP contribution in [0.15, 0.2) is 24.5 Å². The summed E-state index contributed by atoms with van der Waals surface area (Å²) in [4.78, 5) is 24.1. The molecular weight excluding hydrogens is 441 g/mol. The van der Waals surface area contributed by atoms with Crippen LogP contribution in [0.4, 0.5) is 4.39 Å². The molecule has 7 nitrogen and oxygen atoms in total. The number of carbonyl (C=O) groups is 1. The van der Waals surface area contributed by atoms with E-state index in [2.05, 4.69) is 13.9 Å². The third-order valence-corrected chi connectivity index (χ3v) is 6.21. The van der Waals surface area contributed by atoms with Crippen molar-refractivity contribution < 1.29 is 13.9 Å². The lowest BCUT2D eigenvalue weighted by Crippen LogP contribution is -2.41. The molecular formula is C21H21ClFN5O2S. The van der Waals surface area contributed by atoms with Crippen LogP contribution in [0.2, 0.25) is 5.02 Å². The Morgan fingerprint density at radius 2 is 2.19 bits per heavy atom. The van der Waals surface area contributed by atoms with Gasteiger partial charge in [-0.1, -0.05) is 11.6 Å². The van der Waals surface area contributed by atoms with Crippen molar-refractivity contribution >= 4 is 35.1 Å². The topological polar surface area (TPSA) is 73.1 Å². The minimum absolute atomic E-state index is 0.0124. The van der Waals surface area contributed by atoms with Gasteiger partial charge in [-0.25, -0.2) is 14.4 Å². The lowest BCUT2D eigenvalue weighted by atomic mass is 10.1. The summed E-state index contributed by atoms with van der Waals surface area (Å²) in [5.74, 6) is 0.530. The highest BCUT2D eigenvalue weighted by molar-refractivity contribution is 7.09. The third kappa shape index (κ3) is 4.07. The molecule has 31 heavy (non-hydrogen) atoms. The van der Waals surface area contributed by atoms with E-state index in [1.54, 1.807) is 17.2 Å². The molecule has 0 N–H and O–H groups in total. The average Bonchev–Trinajstić information content (AvgIpc) is 3.34. The number of ether oxygens (including phenoxy) is 1. The molecule has 0 fully saturated rings. The van der Waals surface area contributed by atoms with E-state index in [0.717, 1.165) is 10.7 Å². The van der Waals surface area contributed by atoms with Gasteiger partial charge in [0.15, 0.2) is 10.8 Å². The van der Waals surface area contributed by atoms with Crippen LogP contribution in [0.3, 0.4) is 0 Å². The molecule has 0 saturated heterocycles. The summed E-state index contributed by atoms with van der Waals surface area (Å²) in [6.07, 6.45) is 3.39. The highest BCUT2D eigenvalue weighted by Gasteiger charge is 2.34. The van der Waals surface area contributed by atoms with Gasteiger partial charge in [-0.2, -0.15) is 4.37 Å². The number of carbonyl (C=O) groups excluding carboxylic acids is 1. The molecule has 1 aliphatic heterocycles. The number of rotatable bonds is 5. The van der Waals surface area contributed by atoms with Crippen molar-refractivity contribution in [3.63, 3.8) is 0 Å². The number of hydrogen-bond donors (Lipinski definition) is 0. The second-order valence-electron chi connectivity index (χ2n) is 7.07. The molecule has 2 aromatic heterocycles. The molecule has 0 radical (unpaired) electrons. The molecule has 0 bridgehead atoms. The second kappa shape index (κ2) is 8.76. The lowest BCUT2D eigenvalue weighted by molar-refractivity contribution is 0.0644. The Hall–Kier alpha value is -2.78. The Bertz CT molecular complexity index is 1160. The fraction of sp³-hybridized carbons (Fsp3) is 0.333. The first-order chi connectivity index (χ1) is 14.9. The molecule has 10 heteroatoms. The standard InChI is InChI=1S/C21H21ClFN5O2S/c1-4-30-10-7-17-18-12(2)27(21(29)14-5-6-15(22)16(23)11-14)8-9-28(18)19(25-17)20-24-13(3)26-31-20/h5-7,10-12H,4,8-9H2,1-3H3. The Morgan fingerprint density at radius 3 is 2.87 bits per heavy atom. The Kier molecular flexibility index (Phi) is 6.06. The monoisotopic (exact) mass is 461 g/mol. The molecule has 0 spiro atoms. The molecule has 162 valence electrons. The fourth-order valence-electron chi connectivity index (χ4n) is 3.65. The molecule has 4 rings (SSSR count). The van der Waals surface area contributed by atoms with E-state index in [1.807, 2.05) is 20.8 Å². The van der Waals surface area contributed by atoms with Gasteiger partial charge in [-0.3, -0.25) is 4.79 Å². The minimum atomic E-state index is -0.614. The summed E-state index contributed by atoms with van der Waals surface area (Å²) in [5.41, 5.74) is 1.82. The van der Waals surface area contributed by atoms with E-state index >= 15 is 0 Å². The quantitative estimate of drug-likeness (QED) is 0.514. The van der Waals surface area contributed by atoms with Gasteiger partial charge in [0.25, 0.3) is 5.91 Å². The summed E-state index contributed by atoms with van der Waals surface area (Å²) >= 11 is 7.06. The van der Waals surface area contributed by atoms with Crippen molar-refractivity contribution in [3.05, 3.63) is 58.1 Å². The molecule has 3 aromatic rings. The van der Waals surface area contributed by atoms with E-state index in [9.17, 15) is 9.18 Å². The van der Waals surface area contributed by atoms with Gasteiger partial charge in [0.1, 0.15) is 11.6 Å². The number of aromatic nitrogens is 4. The number of halogens is 2. The van der Waals surface area contributed by atoms with Gasteiger partial charge in [0, 0.05) is 24.7 Å². The molecule has 3 heterocycles. The first-order valence-corrected chi connectivity index (χ1v) is 11.0. The first-order valence-electron chi connectivity index (χ1n) is 9.86. The summed E-state index contributed by atoms with van der Waals surface area (Å²) < 4.78 is 25.6. The second-order valence-corrected chi connectivity index (χ2v) is 8.22. The van der Waals surface area contributed by atoms with E-state index in [4.69, 9.17) is 21.3 Å². The molecule has 1 amide bonds. The van der Waals surface area contributed by atoms with Gasteiger partial charge in [-0.15, -0.1) is 0 Å². The van der Waals surface area contributed by atoms with Gasteiger partial charge in [0.2, 0.25) is 0 Å². The SMILES string of the molecule is CCOC=Cc1nc(-c2nc(C)ns2)n2c1C(C)N(C(=O)c1ccc(Cl)c(F)c1)CC2. The van der Waals surface area contributed by atoms with Crippen LogP contribution in [-0.4, -0.2) is 42.9 Å². The molecule has 0 saturated carbocycles. The summed E-state index contributed by atoms with van der Waals surface area (Å²) in [6, 6.07) is 3.82. The van der Waals surface area contributed by atoms with Gasteiger partial charge in [-0.05, 0) is 50.5 Å². The fourth-order valence-corrected chi connectivity index (χ4v) is 4.44. The number of aryl methyl sites for hydroxylation is 1. The van der Waals surface area contributed by atoms with Crippen LogP contribution in [0.25, 0.3) is 16.9 Å². The van der Waals surface area contributed by atoms with Gasteiger partial charge in [0.05, 0.1) is 35.3 Å². The van der Waals surface area contributed by atoms with Gasteiger partial charge >= 0.3 is 0 Å². The van der Waals surface area contributed by atoms with Crippen LogP contribution in [0.1, 0.15) is 47.5 Å². The summed E-state index contributed by atoms with van der Waals surface area (Å²) in [5, 5.41) is 0.711. The predicted molar refractivity (Wildman–Crippen MR) is 117 cm³/mol. The molecule has 1 aromatic carbocycles. The molecule has 1 unspecified atom stereocenters. The van der Waals surface area contributed by atoms with Crippen molar-refractivity contribution in [2.24, 2.45) is 0 Å². The Morgan fingerprint density at radius 1 is 1.39 bits per heavy atom. The highest BCUT2D eigenvalue weighted by atomic mass is 35.5. The maximum atomic E-state index is 13.9. The first kappa shape index (κ1) is 21.5. The smallest absolute Gasteiger partial charge is 0.254 e. The van der Waals surface area contributed by atoms with Crippen molar-refractivity contribution in [2.75, 3.05) is 13.2 Å². The van der Waals surface area contributed by atoms with Crippen molar-refractivity contribution in [1.82, 2.24) is 23.8 Å². The van der Waals surface area contributed by atoms with E-state index in [-0.39, 0.29) is 22.5 Å². The zero-order valence-corrected chi connectivity index (χ0v) is 18.9. The zero-order chi connectivity index (χ0) is 22.1. The van der Waals surface area contributed by atoms with Crippen molar-refractivity contribution in [3.8, 4) is 10.8 Å². The molecule has 1 atom stereocenters. The number of hydrogen-bond acceptors (Lipinski definition) is 6. The van der Waals surface area contributed by atoms with Crippen LogP contribution < -0.4 is 0 Å². The predicted octanol–water partition coefficient (Wildman–Crippen LogP) is 4.73. The lowest BCUT2D eigenvalue weighted by Gasteiger charge is -2.35. The maximum Gasteiger partial charge on any atom is 0.254 e. The van der Waals surface area contributed by atoms with E-state index < -0.39 is 5.82 Å². The Balaban J connectivity index is 1.74. The molecule has 0 aliphatic carbocycles. The van der Waals surface area contributed by atoms with Crippen LogP contribution in [0.5, 0.6) is 0 Å². The minimum Gasteiger partial charge on any atom is -0.501 e. The highest BCUT2D eigenvalue weighted by Crippen LogP contribution is 2.35. The number of amides is 1. The maximum absolute atomic E-state index is 13.9. The Labute approximate surface area is 188 Å². The zero-order valence-electron chi connectivity index (χ0n) is 17.3. The number of imidazole rings is 1. The van der Waals surface area contributed by atoms with Crippen LogP contribution in [-0.2, 0) is 11.3 Å². The normalized spacial score (nSPS) is 16.0. The van der Waals surface area contributed by atoms with Crippen LogP contribution in [0, 0.1) is 12.7 Å². The van der Waals surface area contributed by atoms with E-state index in [0.29, 0.717) is 37.0 Å². The van der Waals surface area contributed by atoms with Crippen molar-refractivity contribution in [2.45, 2.75) is 33.4 Å². The number of nitrogens with zero attached hydrogens (tertiary/aromatic N) is 5. The average molecular weight is 462 g/mol. The number of fused-ring (bicyclic) bond motifs is 1. The molecule has 1 aliphatic rings. The van der Waals surface area contributed by atoms with Crippen molar-refractivity contribution in [1.29, 1.82) is 0 Å². The van der Waals surface area contributed by atoms with E-state index in [1.165, 1.54) is 29.7 Å². The largest absolute Gasteiger partial charge is 0.501 e.